The van der Waals surface area contributed by atoms with E-state index in [1.807, 2.05) is 24.3 Å². The molecule has 0 bridgehead atoms. The molecule has 0 aliphatic heterocycles. The Morgan fingerprint density at radius 2 is 1.65 bits per heavy atom. The molecule has 0 spiro atoms. The maximum atomic E-state index is 8.99. The van der Waals surface area contributed by atoms with Gasteiger partial charge >= 0.3 is 0 Å². The van der Waals surface area contributed by atoms with E-state index in [2.05, 4.69) is 27.4 Å². The van der Waals surface area contributed by atoms with E-state index in [0.717, 1.165) is 12.1 Å². The molecular weight excluding hydrogens is 252 g/mol. The SMILES string of the molecule is OCc1cn(-c2ccc(Cc3ccncc3)cc2)nn1. The van der Waals surface area contributed by atoms with E-state index in [9.17, 15) is 0 Å². The maximum absolute atomic E-state index is 8.99. The molecule has 5 nitrogen and oxygen atoms in total. The molecule has 0 unspecified atom stereocenters. The summed E-state index contributed by atoms with van der Waals surface area (Å²) in [6, 6.07) is 12.1. The Hall–Kier alpha value is -2.53. The molecule has 3 rings (SSSR count). The Morgan fingerprint density at radius 1 is 0.950 bits per heavy atom. The van der Waals surface area contributed by atoms with Gasteiger partial charge in [0.05, 0.1) is 18.5 Å². The summed E-state index contributed by atoms with van der Waals surface area (Å²) in [7, 11) is 0. The average molecular weight is 266 g/mol. The Balaban J connectivity index is 1.77. The first kappa shape index (κ1) is 12.5. The number of hydrogen-bond donors (Lipinski definition) is 1. The highest BCUT2D eigenvalue weighted by Gasteiger charge is 2.02. The minimum atomic E-state index is -0.0971. The molecule has 2 aromatic heterocycles. The number of benzene rings is 1. The Bertz CT molecular complexity index is 677. The summed E-state index contributed by atoms with van der Waals surface area (Å²) >= 11 is 0. The van der Waals surface area contributed by atoms with Crippen molar-refractivity contribution >= 4 is 0 Å². The molecule has 1 N–H and O–H groups in total. The van der Waals surface area contributed by atoms with Crippen LogP contribution in [0.2, 0.25) is 0 Å². The van der Waals surface area contributed by atoms with Gasteiger partial charge in [-0.1, -0.05) is 17.3 Å². The maximum Gasteiger partial charge on any atom is 0.109 e. The molecule has 0 fully saturated rings. The number of nitrogens with zero attached hydrogens (tertiary/aromatic N) is 4. The zero-order valence-electron chi connectivity index (χ0n) is 10.8. The number of pyridine rings is 1. The van der Waals surface area contributed by atoms with Crippen LogP contribution >= 0.6 is 0 Å². The predicted octanol–water partition coefficient (Wildman–Crippen LogP) is 1.75. The van der Waals surface area contributed by atoms with E-state index >= 15 is 0 Å². The van der Waals surface area contributed by atoms with Crippen molar-refractivity contribution in [1.29, 1.82) is 0 Å². The Kier molecular flexibility index (Phi) is 3.52. The van der Waals surface area contributed by atoms with Crippen LogP contribution in [0.1, 0.15) is 16.8 Å². The normalized spacial score (nSPS) is 10.7. The van der Waals surface area contributed by atoms with Gasteiger partial charge in [0.2, 0.25) is 0 Å². The first-order chi connectivity index (χ1) is 9.85. The van der Waals surface area contributed by atoms with Gasteiger partial charge in [-0.2, -0.15) is 0 Å². The van der Waals surface area contributed by atoms with Crippen LogP contribution in [0.15, 0.2) is 55.0 Å². The van der Waals surface area contributed by atoms with Crippen molar-refractivity contribution in [2.75, 3.05) is 0 Å². The van der Waals surface area contributed by atoms with Crippen LogP contribution in [-0.4, -0.2) is 25.1 Å². The molecule has 0 saturated carbocycles. The zero-order chi connectivity index (χ0) is 13.8. The van der Waals surface area contributed by atoms with Crippen LogP contribution in [0.5, 0.6) is 0 Å². The van der Waals surface area contributed by atoms with Gasteiger partial charge in [-0.3, -0.25) is 4.98 Å². The van der Waals surface area contributed by atoms with Crippen molar-refractivity contribution in [3.8, 4) is 5.69 Å². The minimum absolute atomic E-state index is 0.0971. The van der Waals surface area contributed by atoms with Gasteiger partial charge in [0.1, 0.15) is 5.69 Å². The summed E-state index contributed by atoms with van der Waals surface area (Å²) in [5.41, 5.74) is 3.94. The molecule has 0 saturated heterocycles. The number of rotatable bonds is 4. The highest BCUT2D eigenvalue weighted by molar-refractivity contribution is 5.35. The first-order valence-corrected chi connectivity index (χ1v) is 6.35. The van der Waals surface area contributed by atoms with Gasteiger partial charge in [0.15, 0.2) is 0 Å². The lowest BCUT2D eigenvalue weighted by Gasteiger charge is -2.04. The lowest BCUT2D eigenvalue weighted by molar-refractivity contribution is 0.276. The fraction of sp³-hybridized carbons (Fsp3) is 0.133. The van der Waals surface area contributed by atoms with Gasteiger partial charge in [0, 0.05) is 12.4 Å². The molecule has 2 heterocycles. The number of aliphatic hydroxyl groups is 1. The summed E-state index contributed by atoms with van der Waals surface area (Å²) in [6.45, 7) is -0.0971. The summed E-state index contributed by atoms with van der Waals surface area (Å²) in [5.74, 6) is 0. The van der Waals surface area contributed by atoms with E-state index in [0.29, 0.717) is 5.69 Å². The standard InChI is InChI=1S/C15H14N4O/c20-11-14-10-19(18-17-14)15-3-1-12(2-4-15)9-13-5-7-16-8-6-13/h1-8,10,20H,9,11H2. The van der Waals surface area contributed by atoms with Crippen molar-refractivity contribution in [3.05, 3.63) is 71.8 Å². The highest BCUT2D eigenvalue weighted by atomic mass is 16.3. The topological polar surface area (TPSA) is 63.8 Å². The van der Waals surface area contributed by atoms with Crippen LogP contribution < -0.4 is 0 Å². The van der Waals surface area contributed by atoms with Crippen LogP contribution in [0.25, 0.3) is 5.69 Å². The molecular formula is C15H14N4O. The molecule has 100 valence electrons. The van der Waals surface area contributed by atoms with Gasteiger partial charge in [-0.05, 0) is 41.8 Å². The lowest BCUT2D eigenvalue weighted by atomic mass is 10.1. The van der Waals surface area contributed by atoms with Crippen LogP contribution in [0.4, 0.5) is 0 Å². The van der Waals surface area contributed by atoms with Gasteiger partial charge in [-0.15, -0.1) is 5.10 Å². The third kappa shape index (κ3) is 2.73. The summed E-state index contributed by atoms with van der Waals surface area (Å²) < 4.78 is 1.65. The molecule has 0 radical (unpaired) electrons. The summed E-state index contributed by atoms with van der Waals surface area (Å²) in [4.78, 5) is 4.01. The van der Waals surface area contributed by atoms with E-state index in [4.69, 9.17) is 5.11 Å². The smallest absolute Gasteiger partial charge is 0.109 e. The highest BCUT2D eigenvalue weighted by Crippen LogP contribution is 2.12. The molecule has 0 amide bonds. The van der Waals surface area contributed by atoms with Crippen molar-refractivity contribution in [2.45, 2.75) is 13.0 Å². The quantitative estimate of drug-likeness (QED) is 0.781. The average Bonchev–Trinajstić information content (AvgIpc) is 2.98. The largest absolute Gasteiger partial charge is 0.390 e. The van der Waals surface area contributed by atoms with Crippen molar-refractivity contribution in [2.24, 2.45) is 0 Å². The van der Waals surface area contributed by atoms with Crippen molar-refractivity contribution in [1.82, 2.24) is 20.0 Å². The van der Waals surface area contributed by atoms with Gasteiger partial charge in [0.25, 0.3) is 0 Å². The fourth-order valence-electron chi connectivity index (χ4n) is 2.00. The molecule has 1 aromatic carbocycles. The van der Waals surface area contributed by atoms with E-state index in [1.165, 1.54) is 11.1 Å². The molecule has 5 heteroatoms. The molecule has 0 atom stereocenters. The Morgan fingerprint density at radius 3 is 2.30 bits per heavy atom. The second-order valence-corrected chi connectivity index (χ2v) is 4.51. The van der Waals surface area contributed by atoms with Gasteiger partial charge < -0.3 is 5.11 Å². The third-order valence-corrected chi connectivity index (χ3v) is 3.06. The second kappa shape index (κ2) is 5.63. The Labute approximate surface area is 116 Å². The van der Waals surface area contributed by atoms with Crippen molar-refractivity contribution < 1.29 is 5.11 Å². The zero-order valence-corrected chi connectivity index (χ0v) is 10.8. The number of hydrogen-bond acceptors (Lipinski definition) is 4. The monoisotopic (exact) mass is 266 g/mol. The van der Waals surface area contributed by atoms with E-state index in [-0.39, 0.29) is 6.61 Å². The van der Waals surface area contributed by atoms with Crippen LogP contribution in [-0.2, 0) is 13.0 Å². The number of aliphatic hydroxyl groups excluding tert-OH is 1. The molecule has 3 aromatic rings. The second-order valence-electron chi connectivity index (χ2n) is 4.51. The third-order valence-electron chi connectivity index (χ3n) is 3.06. The summed E-state index contributed by atoms with van der Waals surface area (Å²) in [6.07, 6.45) is 6.20. The fourth-order valence-corrected chi connectivity index (χ4v) is 2.00. The van der Waals surface area contributed by atoms with Gasteiger partial charge in [-0.25, -0.2) is 4.68 Å². The molecule has 20 heavy (non-hydrogen) atoms. The molecule has 0 aliphatic carbocycles. The molecule has 0 aliphatic rings. The predicted molar refractivity (Wildman–Crippen MR) is 74.3 cm³/mol. The lowest BCUT2D eigenvalue weighted by Crippen LogP contribution is -1.95. The van der Waals surface area contributed by atoms with E-state index in [1.54, 1.807) is 23.3 Å². The van der Waals surface area contributed by atoms with E-state index < -0.39 is 0 Å². The first-order valence-electron chi connectivity index (χ1n) is 6.35. The van der Waals surface area contributed by atoms with Crippen LogP contribution in [0, 0.1) is 0 Å². The summed E-state index contributed by atoms with van der Waals surface area (Å²) in [5, 5.41) is 16.8. The van der Waals surface area contributed by atoms with Crippen LogP contribution in [0.3, 0.4) is 0 Å². The van der Waals surface area contributed by atoms with Crippen molar-refractivity contribution in [3.63, 3.8) is 0 Å². The number of aromatic nitrogens is 4. The minimum Gasteiger partial charge on any atom is -0.390 e.